The topological polar surface area (TPSA) is 101 Å². The van der Waals surface area contributed by atoms with E-state index in [0.29, 0.717) is 5.75 Å². The van der Waals surface area contributed by atoms with Gasteiger partial charge < -0.3 is 4.84 Å². The molecule has 70 valence electrons. The van der Waals surface area contributed by atoms with Crippen molar-refractivity contribution in [2.24, 2.45) is 11.1 Å². The molecule has 0 radical (unpaired) electrons. The molecule has 4 N–H and O–H groups in total. The summed E-state index contributed by atoms with van der Waals surface area (Å²) in [5.74, 6) is 5.45. The fourth-order valence-electron chi connectivity index (χ4n) is 0.554. The Labute approximate surface area is 74.6 Å². The first-order valence-electron chi connectivity index (χ1n) is 3.36. The molecule has 0 aromatic rings. The molecular formula is C5H12N4O2S. The number of thioether (sulfide) groups is 1. The standard InChI is InChI=1S/C5H12N4O2S/c1-2-12-3-4(8-9-6)5(10)11-7/h4H,2-3,7H2,1H3,(H2,6,8)/t4-/m0/s1. The van der Waals surface area contributed by atoms with Crippen LogP contribution in [0.15, 0.2) is 5.22 Å². The highest BCUT2D eigenvalue weighted by atomic mass is 32.2. The summed E-state index contributed by atoms with van der Waals surface area (Å²) in [6, 6.07) is -0.627. The van der Waals surface area contributed by atoms with Crippen molar-refractivity contribution in [3.63, 3.8) is 0 Å². The van der Waals surface area contributed by atoms with Gasteiger partial charge in [-0.3, -0.25) is 5.43 Å². The highest BCUT2D eigenvalue weighted by Gasteiger charge is 2.18. The molecule has 0 aliphatic carbocycles. The third kappa shape index (κ3) is 4.14. The number of nitrogens with one attached hydrogen (secondary N) is 2. The van der Waals surface area contributed by atoms with E-state index in [0.717, 1.165) is 5.75 Å². The van der Waals surface area contributed by atoms with Crippen LogP contribution in [0.2, 0.25) is 0 Å². The van der Waals surface area contributed by atoms with Gasteiger partial charge in [-0.15, -0.1) is 0 Å². The van der Waals surface area contributed by atoms with Gasteiger partial charge in [0.15, 0.2) is 6.04 Å². The molecule has 1 atom stereocenters. The van der Waals surface area contributed by atoms with Crippen molar-refractivity contribution in [3.05, 3.63) is 0 Å². The van der Waals surface area contributed by atoms with Crippen LogP contribution in [-0.4, -0.2) is 23.5 Å². The van der Waals surface area contributed by atoms with Gasteiger partial charge in [-0.05, 0) is 5.75 Å². The fourth-order valence-corrected chi connectivity index (χ4v) is 1.24. The molecule has 0 heterocycles. The van der Waals surface area contributed by atoms with Gasteiger partial charge in [-0.1, -0.05) is 12.1 Å². The van der Waals surface area contributed by atoms with Crippen LogP contribution in [-0.2, 0) is 9.63 Å². The Morgan fingerprint density at radius 3 is 3.00 bits per heavy atom. The summed E-state index contributed by atoms with van der Waals surface area (Å²) in [6.45, 7) is 1.97. The largest absolute Gasteiger partial charge is 0.372 e. The van der Waals surface area contributed by atoms with Gasteiger partial charge in [-0.25, -0.2) is 4.79 Å². The number of hydrogen-bond acceptors (Lipinski definition) is 6. The highest BCUT2D eigenvalue weighted by Crippen LogP contribution is 2.02. The second-order valence-corrected chi connectivity index (χ2v) is 3.21. The first-order valence-corrected chi connectivity index (χ1v) is 4.52. The Morgan fingerprint density at radius 2 is 2.58 bits per heavy atom. The molecule has 0 aromatic carbocycles. The summed E-state index contributed by atoms with van der Waals surface area (Å²) in [5.41, 5.74) is 8.78. The predicted octanol–water partition coefficient (Wildman–Crippen LogP) is 0.0606. The third-order valence-electron chi connectivity index (χ3n) is 1.11. The minimum absolute atomic E-state index is 0.495. The first-order chi connectivity index (χ1) is 5.76. The molecule has 0 saturated carbocycles. The monoisotopic (exact) mass is 192 g/mol. The molecule has 0 saturated heterocycles. The summed E-state index contributed by atoms with van der Waals surface area (Å²) < 4.78 is 0. The van der Waals surface area contributed by atoms with Crippen molar-refractivity contribution >= 4 is 17.7 Å². The van der Waals surface area contributed by atoms with Gasteiger partial charge >= 0.3 is 5.97 Å². The Balaban J connectivity index is 3.84. The van der Waals surface area contributed by atoms with E-state index < -0.39 is 12.0 Å². The second kappa shape index (κ2) is 6.86. The summed E-state index contributed by atoms with van der Waals surface area (Å²) in [4.78, 5) is 14.8. The van der Waals surface area contributed by atoms with Crippen LogP contribution in [0.5, 0.6) is 0 Å². The van der Waals surface area contributed by atoms with Gasteiger partial charge in [0.25, 0.3) is 0 Å². The Kier molecular flexibility index (Phi) is 6.39. The summed E-state index contributed by atoms with van der Waals surface area (Å²) in [5, 5.41) is 2.89. The lowest BCUT2D eigenvalue weighted by atomic mass is 10.4. The third-order valence-corrected chi connectivity index (χ3v) is 2.09. The van der Waals surface area contributed by atoms with Crippen molar-refractivity contribution in [1.82, 2.24) is 5.43 Å². The summed E-state index contributed by atoms with van der Waals surface area (Å²) in [7, 11) is 0. The lowest BCUT2D eigenvalue weighted by molar-refractivity contribution is -0.146. The van der Waals surface area contributed by atoms with E-state index in [9.17, 15) is 4.79 Å². The number of rotatable bonds is 6. The molecule has 7 heteroatoms. The van der Waals surface area contributed by atoms with Gasteiger partial charge in [0.05, 0.1) is 0 Å². The van der Waals surface area contributed by atoms with E-state index in [1.807, 2.05) is 6.92 Å². The number of nitrogens with zero attached hydrogens (tertiary/aromatic N) is 1. The van der Waals surface area contributed by atoms with Crippen LogP contribution in [0.3, 0.4) is 0 Å². The van der Waals surface area contributed by atoms with Gasteiger partial charge in [-0.2, -0.15) is 23.2 Å². The van der Waals surface area contributed by atoms with Crippen LogP contribution < -0.4 is 11.3 Å². The van der Waals surface area contributed by atoms with E-state index in [1.165, 1.54) is 11.8 Å². The SMILES string of the molecule is CCSC[C@H](NN=N)C(=O)ON. The molecule has 0 unspecified atom stereocenters. The van der Waals surface area contributed by atoms with Gasteiger partial charge in [0.2, 0.25) is 0 Å². The molecule has 6 nitrogen and oxygen atoms in total. The van der Waals surface area contributed by atoms with E-state index >= 15 is 0 Å². The Morgan fingerprint density at radius 1 is 1.92 bits per heavy atom. The normalized spacial score (nSPS) is 11.8. The smallest absolute Gasteiger partial charge is 0.349 e. The van der Waals surface area contributed by atoms with Crippen molar-refractivity contribution in [2.75, 3.05) is 11.5 Å². The zero-order chi connectivity index (χ0) is 9.40. The van der Waals surface area contributed by atoms with E-state index in [1.54, 1.807) is 0 Å². The van der Waals surface area contributed by atoms with Crippen LogP contribution in [0.1, 0.15) is 6.92 Å². The van der Waals surface area contributed by atoms with E-state index in [2.05, 4.69) is 21.4 Å². The zero-order valence-corrected chi connectivity index (χ0v) is 7.56. The maximum absolute atomic E-state index is 10.8. The maximum atomic E-state index is 10.8. The molecule has 0 aliphatic rings. The summed E-state index contributed by atoms with van der Waals surface area (Å²) in [6.07, 6.45) is 0. The first kappa shape index (κ1) is 11.2. The van der Waals surface area contributed by atoms with Crippen LogP contribution >= 0.6 is 11.8 Å². The van der Waals surface area contributed by atoms with Crippen molar-refractivity contribution in [2.45, 2.75) is 13.0 Å². The van der Waals surface area contributed by atoms with Crippen molar-refractivity contribution in [1.29, 1.82) is 5.53 Å². The molecule has 0 spiro atoms. The van der Waals surface area contributed by atoms with Crippen LogP contribution in [0.25, 0.3) is 0 Å². The molecule has 0 bridgehead atoms. The number of hydrogen-bond donors (Lipinski definition) is 3. The second-order valence-electron chi connectivity index (χ2n) is 1.89. The van der Waals surface area contributed by atoms with Crippen LogP contribution in [0, 0.1) is 5.53 Å². The average Bonchev–Trinajstić information content (AvgIpc) is 2.11. The maximum Gasteiger partial charge on any atom is 0.349 e. The van der Waals surface area contributed by atoms with Gasteiger partial charge in [0.1, 0.15) is 0 Å². The predicted molar refractivity (Wildman–Crippen MR) is 45.3 cm³/mol. The minimum Gasteiger partial charge on any atom is -0.372 e. The quantitative estimate of drug-likeness (QED) is 0.408. The summed E-state index contributed by atoms with van der Waals surface area (Å²) >= 11 is 1.54. The molecule has 12 heavy (non-hydrogen) atoms. The lowest BCUT2D eigenvalue weighted by Gasteiger charge is -2.10. The molecule has 0 amide bonds. The molecule has 0 aliphatic heterocycles. The lowest BCUT2D eigenvalue weighted by Crippen LogP contribution is -2.38. The zero-order valence-electron chi connectivity index (χ0n) is 6.74. The van der Waals surface area contributed by atoms with Gasteiger partial charge in [0, 0.05) is 5.75 Å². The molecule has 0 rings (SSSR count). The fraction of sp³-hybridized carbons (Fsp3) is 0.800. The Hall–Kier alpha value is -0.820. The highest BCUT2D eigenvalue weighted by molar-refractivity contribution is 7.99. The van der Waals surface area contributed by atoms with E-state index in [-0.39, 0.29) is 0 Å². The molecule has 0 fully saturated rings. The number of carbonyl (C=O) groups is 1. The van der Waals surface area contributed by atoms with Crippen LogP contribution in [0.4, 0.5) is 0 Å². The van der Waals surface area contributed by atoms with Crippen molar-refractivity contribution < 1.29 is 9.63 Å². The van der Waals surface area contributed by atoms with Crippen molar-refractivity contribution in [3.8, 4) is 0 Å². The Bertz CT molecular complexity index is 154. The van der Waals surface area contributed by atoms with E-state index in [4.69, 9.17) is 5.53 Å². The minimum atomic E-state index is -0.627. The number of nitrogens with two attached hydrogens (primary N) is 1. The molecule has 0 aromatic heterocycles. The number of carbonyl (C=O) groups excluding carboxylic acids is 1. The molecular weight excluding hydrogens is 180 g/mol. The average molecular weight is 192 g/mol.